The van der Waals surface area contributed by atoms with Crippen LogP contribution >= 0.6 is 0 Å². The molecule has 0 unspecified atom stereocenters. The van der Waals surface area contributed by atoms with Gasteiger partial charge in [0.15, 0.2) is 17.5 Å². The third-order valence-electron chi connectivity index (χ3n) is 12.8. The van der Waals surface area contributed by atoms with E-state index in [4.69, 9.17) is 24.1 Å². The second-order valence-electron chi connectivity index (χ2n) is 16.3. The van der Waals surface area contributed by atoms with Crippen molar-refractivity contribution in [2.75, 3.05) is 0 Å². The molecule has 13 rings (SSSR count). The van der Waals surface area contributed by atoms with Gasteiger partial charge in [-0.1, -0.05) is 176 Å². The Kier molecular flexibility index (Phi) is 7.75. The van der Waals surface area contributed by atoms with Gasteiger partial charge in [0, 0.05) is 38.6 Å². The number of fused-ring (bicyclic) bond motifs is 12. The average molecular weight is 806 g/mol. The SMILES string of the molecule is c1ccc(-c2cccc(-c3nc(-c4ccccc4)nc(-c4ccc5c(c4)oc4cccc(-c6ccc7c(c6)Oc6ccccc6C76c7ccccc7-c7ccccc76)c45)n3)c2)cc1. The lowest BCUT2D eigenvalue weighted by Crippen LogP contribution is -2.32. The molecule has 5 nitrogen and oxygen atoms in total. The molecule has 0 amide bonds. The summed E-state index contributed by atoms with van der Waals surface area (Å²) >= 11 is 0. The second kappa shape index (κ2) is 13.8. The van der Waals surface area contributed by atoms with Crippen LogP contribution in [-0.2, 0) is 5.41 Å². The summed E-state index contributed by atoms with van der Waals surface area (Å²) in [5.74, 6) is 3.50. The van der Waals surface area contributed by atoms with E-state index in [1.54, 1.807) is 0 Å². The maximum Gasteiger partial charge on any atom is 0.164 e. The van der Waals surface area contributed by atoms with Crippen LogP contribution in [0.25, 0.3) is 89.5 Å². The summed E-state index contributed by atoms with van der Waals surface area (Å²) in [6.45, 7) is 0. The molecule has 1 aliphatic heterocycles. The van der Waals surface area contributed by atoms with E-state index in [9.17, 15) is 0 Å². The minimum absolute atomic E-state index is 0.513. The van der Waals surface area contributed by atoms with Gasteiger partial charge in [0.05, 0.1) is 5.41 Å². The molecule has 0 saturated carbocycles. The van der Waals surface area contributed by atoms with E-state index in [2.05, 4.69) is 170 Å². The Labute approximate surface area is 363 Å². The summed E-state index contributed by atoms with van der Waals surface area (Å²) < 4.78 is 13.6. The van der Waals surface area contributed by atoms with Crippen LogP contribution < -0.4 is 4.74 Å². The summed E-state index contributed by atoms with van der Waals surface area (Å²) in [6.07, 6.45) is 0. The Bertz CT molecular complexity index is 3570. The maximum absolute atomic E-state index is 6.87. The third-order valence-corrected chi connectivity index (χ3v) is 12.8. The van der Waals surface area contributed by atoms with Gasteiger partial charge in [-0.3, -0.25) is 0 Å². The first kappa shape index (κ1) is 35.4. The lowest BCUT2D eigenvalue weighted by atomic mass is 9.66. The Morgan fingerprint density at radius 2 is 0.857 bits per heavy atom. The molecule has 294 valence electrons. The first-order chi connectivity index (χ1) is 31.2. The van der Waals surface area contributed by atoms with Crippen molar-refractivity contribution < 1.29 is 9.15 Å². The highest BCUT2D eigenvalue weighted by atomic mass is 16.5. The maximum atomic E-state index is 6.87. The second-order valence-corrected chi connectivity index (χ2v) is 16.3. The number of benzene rings is 9. The lowest BCUT2D eigenvalue weighted by molar-refractivity contribution is 0.436. The molecule has 2 aliphatic rings. The molecule has 3 heterocycles. The Morgan fingerprint density at radius 1 is 0.317 bits per heavy atom. The molecule has 0 bridgehead atoms. The van der Waals surface area contributed by atoms with Crippen LogP contribution in [0.15, 0.2) is 217 Å². The zero-order valence-corrected chi connectivity index (χ0v) is 33.9. The normalized spacial score (nSPS) is 13.0. The molecule has 11 aromatic rings. The van der Waals surface area contributed by atoms with Crippen LogP contribution in [-0.4, -0.2) is 15.0 Å². The van der Waals surface area contributed by atoms with Crippen molar-refractivity contribution >= 4 is 21.9 Å². The molecule has 9 aromatic carbocycles. The number of hydrogen-bond acceptors (Lipinski definition) is 5. The van der Waals surface area contributed by atoms with E-state index in [1.165, 1.54) is 22.3 Å². The summed E-state index contributed by atoms with van der Waals surface area (Å²) in [5.41, 5.74) is 15.4. The molecule has 5 heteroatoms. The predicted octanol–water partition coefficient (Wildman–Crippen LogP) is 14.6. The highest BCUT2D eigenvalue weighted by Crippen LogP contribution is 2.62. The van der Waals surface area contributed by atoms with Crippen molar-refractivity contribution in [1.82, 2.24) is 15.0 Å². The summed E-state index contributed by atoms with van der Waals surface area (Å²) in [5, 5.41) is 2.05. The number of aromatic nitrogens is 3. The van der Waals surface area contributed by atoms with Gasteiger partial charge in [-0.2, -0.15) is 0 Å². The largest absolute Gasteiger partial charge is 0.457 e. The van der Waals surface area contributed by atoms with E-state index in [-0.39, 0.29) is 0 Å². The van der Waals surface area contributed by atoms with Gasteiger partial charge < -0.3 is 9.15 Å². The van der Waals surface area contributed by atoms with Crippen molar-refractivity contribution in [3.63, 3.8) is 0 Å². The van der Waals surface area contributed by atoms with Crippen LogP contribution in [0.1, 0.15) is 22.3 Å². The van der Waals surface area contributed by atoms with Crippen LogP contribution in [0.2, 0.25) is 0 Å². The lowest BCUT2D eigenvalue weighted by Gasteiger charge is -2.39. The number of hydrogen-bond donors (Lipinski definition) is 0. The monoisotopic (exact) mass is 805 g/mol. The molecule has 0 saturated heterocycles. The van der Waals surface area contributed by atoms with E-state index in [0.717, 1.165) is 83.5 Å². The van der Waals surface area contributed by atoms with Gasteiger partial charge in [-0.05, 0) is 80.9 Å². The first-order valence-corrected chi connectivity index (χ1v) is 21.3. The Hall–Kier alpha value is -8.41. The first-order valence-electron chi connectivity index (χ1n) is 21.3. The highest BCUT2D eigenvalue weighted by Gasteiger charge is 2.50. The van der Waals surface area contributed by atoms with E-state index in [1.807, 2.05) is 42.5 Å². The average Bonchev–Trinajstić information content (AvgIpc) is 3.88. The van der Waals surface area contributed by atoms with Crippen LogP contribution in [0, 0.1) is 0 Å². The van der Waals surface area contributed by atoms with Crippen LogP contribution in [0.5, 0.6) is 11.5 Å². The van der Waals surface area contributed by atoms with Crippen molar-refractivity contribution in [1.29, 1.82) is 0 Å². The molecule has 2 aromatic heterocycles. The van der Waals surface area contributed by atoms with E-state index < -0.39 is 5.41 Å². The number of nitrogens with zero attached hydrogens (tertiary/aromatic N) is 3. The summed E-state index contributed by atoms with van der Waals surface area (Å²) in [6, 6.07) is 74.2. The fraction of sp³-hybridized carbons (Fsp3) is 0.0172. The molecular formula is C58H35N3O2. The number of furan rings is 1. The fourth-order valence-electron chi connectivity index (χ4n) is 10.1. The molecule has 0 N–H and O–H groups in total. The molecule has 0 fully saturated rings. The number of rotatable bonds is 5. The minimum Gasteiger partial charge on any atom is -0.457 e. The molecular weight excluding hydrogens is 771 g/mol. The van der Waals surface area contributed by atoms with Gasteiger partial charge in [0.1, 0.15) is 22.7 Å². The zero-order valence-electron chi connectivity index (χ0n) is 33.9. The van der Waals surface area contributed by atoms with Gasteiger partial charge in [0.25, 0.3) is 0 Å². The highest BCUT2D eigenvalue weighted by molar-refractivity contribution is 6.13. The van der Waals surface area contributed by atoms with Crippen molar-refractivity contribution in [3.8, 4) is 79.0 Å². The number of para-hydroxylation sites is 1. The summed E-state index contributed by atoms with van der Waals surface area (Å²) in [4.78, 5) is 15.2. The molecule has 1 spiro atoms. The fourth-order valence-corrected chi connectivity index (χ4v) is 10.1. The van der Waals surface area contributed by atoms with Gasteiger partial charge in [-0.25, -0.2) is 15.0 Å². The van der Waals surface area contributed by atoms with E-state index >= 15 is 0 Å². The predicted molar refractivity (Wildman–Crippen MR) is 252 cm³/mol. The van der Waals surface area contributed by atoms with Gasteiger partial charge in [0.2, 0.25) is 0 Å². The smallest absolute Gasteiger partial charge is 0.164 e. The number of ether oxygens (including phenoxy) is 1. The summed E-state index contributed by atoms with van der Waals surface area (Å²) in [7, 11) is 0. The topological polar surface area (TPSA) is 61.0 Å². The molecule has 0 radical (unpaired) electrons. The van der Waals surface area contributed by atoms with Crippen LogP contribution in [0.3, 0.4) is 0 Å². The Morgan fingerprint density at radius 3 is 1.60 bits per heavy atom. The van der Waals surface area contributed by atoms with Gasteiger partial charge >= 0.3 is 0 Å². The quantitative estimate of drug-likeness (QED) is 0.173. The molecule has 0 atom stereocenters. The van der Waals surface area contributed by atoms with Crippen molar-refractivity contribution in [2.24, 2.45) is 0 Å². The van der Waals surface area contributed by atoms with E-state index in [0.29, 0.717) is 17.5 Å². The van der Waals surface area contributed by atoms with Crippen molar-refractivity contribution in [3.05, 3.63) is 235 Å². The third kappa shape index (κ3) is 5.40. The molecule has 63 heavy (non-hydrogen) atoms. The van der Waals surface area contributed by atoms with Crippen molar-refractivity contribution in [2.45, 2.75) is 5.41 Å². The van der Waals surface area contributed by atoms with Crippen LogP contribution in [0.4, 0.5) is 0 Å². The minimum atomic E-state index is -0.513. The molecule has 1 aliphatic carbocycles. The Balaban J connectivity index is 0.941. The zero-order chi connectivity index (χ0) is 41.5. The van der Waals surface area contributed by atoms with Gasteiger partial charge in [-0.15, -0.1) is 0 Å². The standard InChI is InChI=1S/C58H35N3O2/c1-3-15-36(16-4-1)38-19-13-20-40(33-38)56-59-55(37-17-5-2-6-18-37)60-57(61-56)41-29-31-45-52(35-41)63-51-28-14-23-42(54(45)51)39-30-32-49-53(34-39)62-50-27-12-11-26-48(50)58(49)46-24-9-7-21-43(46)44-22-8-10-25-47(44)58/h1-35H.